The van der Waals surface area contributed by atoms with Crippen molar-refractivity contribution in [2.75, 3.05) is 0 Å². The highest BCUT2D eigenvalue weighted by molar-refractivity contribution is 9.10. The maximum Gasteiger partial charge on any atom is 0.426 e. The minimum atomic E-state index is -4.43. The van der Waals surface area contributed by atoms with E-state index in [-0.39, 0.29) is 15.8 Å². The molecule has 0 aliphatic rings. The molecule has 0 aliphatic carbocycles. The van der Waals surface area contributed by atoms with Crippen molar-refractivity contribution in [3.8, 4) is 0 Å². The fraction of sp³-hybridized carbons (Fsp3) is 0.286. The second-order valence-electron chi connectivity index (χ2n) is 2.46. The molecule has 7 heteroatoms. The van der Waals surface area contributed by atoms with Crippen LogP contribution in [0.2, 0.25) is 0 Å². The number of hydrogen-bond acceptors (Lipinski definition) is 2. The highest BCUT2D eigenvalue weighted by Crippen LogP contribution is 2.40. The maximum atomic E-state index is 12.2. The third-order valence-corrected chi connectivity index (χ3v) is 3.39. The van der Waals surface area contributed by atoms with E-state index in [0.29, 0.717) is 11.3 Å². The summed E-state index contributed by atoms with van der Waals surface area (Å²) in [6.45, 7) is 0. The lowest BCUT2D eigenvalue weighted by Crippen LogP contribution is -2.02. The molecule has 0 amide bonds. The van der Waals surface area contributed by atoms with Gasteiger partial charge in [-0.3, -0.25) is 4.79 Å². The summed E-state index contributed by atoms with van der Waals surface area (Å²) < 4.78 is 36.6. The maximum absolute atomic E-state index is 12.2. The first kappa shape index (κ1) is 11.5. The highest BCUT2D eigenvalue weighted by atomic mass is 79.9. The van der Waals surface area contributed by atoms with Crippen LogP contribution < -0.4 is 0 Å². The molecule has 2 nitrogen and oxygen atoms in total. The van der Waals surface area contributed by atoms with Crippen LogP contribution in [0.25, 0.3) is 0 Å². The van der Waals surface area contributed by atoms with Gasteiger partial charge < -0.3 is 5.11 Å². The molecule has 78 valence electrons. The van der Waals surface area contributed by atoms with E-state index in [1.165, 1.54) is 6.07 Å². The molecule has 0 bridgehead atoms. The van der Waals surface area contributed by atoms with Gasteiger partial charge in [-0.15, -0.1) is 11.3 Å². The van der Waals surface area contributed by atoms with Crippen LogP contribution in [0.15, 0.2) is 10.5 Å². The van der Waals surface area contributed by atoms with E-state index in [9.17, 15) is 18.0 Å². The molecule has 1 rings (SSSR count). The van der Waals surface area contributed by atoms with Gasteiger partial charge >= 0.3 is 12.1 Å². The van der Waals surface area contributed by atoms with Crippen molar-refractivity contribution in [3.05, 3.63) is 20.3 Å². The molecule has 1 heterocycles. The molecule has 0 spiro atoms. The molecule has 1 aromatic heterocycles. The molecule has 0 aliphatic heterocycles. The fourth-order valence-electron chi connectivity index (χ4n) is 0.846. The van der Waals surface area contributed by atoms with Crippen molar-refractivity contribution >= 4 is 33.2 Å². The van der Waals surface area contributed by atoms with Gasteiger partial charge in [0.05, 0.1) is 6.42 Å². The second-order valence-corrected chi connectivity index (χ2v) is 4.45. The molecule has 0 radical (unpaired) electrons. The largest absolute Gasteiger partial charge is 0.481 e. The number of carbonyl (C=O) groups is 1. The van der Waals surface area contributed by atoms with Crippen LogP contribution in [0.1, 0.15) is 9.75 Å². The van der Waals surface area contributed by atoms with Gasteiger partial charge in [0.25, 0.3) is 0 Å². The van der Waals surface area contributed by atoms with E-state index in [1.807, 2.05) is 0 Å². The molecule has 0 atom stereocenters. The summed E-state index contributed by atoms with van der Waals surface area (Å²) in [7, 11) is 0. The molecular formula is C7H4BrF3O2S. The zero-order valence-corrected chi connectivity index (χ0v) is 8.96. The van der Waals surface area contributed by atoms with Crippen molar-refractivity contribution in [2.24, 2.45) is 0 Å². The van der Waals surface area contributed by atoms with Crippen LogP contribution in [0, 0.1) is 0 Å². The molecule has 14 heavy (non-hydrogen) atoms. The van der Waals surface area contributed by atoms with Crippen molar-refractivity contribution < 1.29 is 23.1 Å². The normalized spacial score (nSPS) is 11.7. The van der Waals surface area contributed by atoms with E-state index < -0.39 is 17.0 Å². The number of aliphatic carboxylic acids is 1. The van der Waals surface area contributed by atoms with Gasteiger partial charge in [0.2, 0.25) is 0 Å². The lowest BCUT2D eigenvalue weighted by molar-refractivity contribution is -0.136. The summed E-state index contributed by atoms with van der Waals surface area (Å²) in [5, 5.41) is 8.38. The first-order valence-corrected chi connectivity index (χ1v) is 4.99. The van der Waals surface area contributed by atoms with Gasteiger partial charge in [-0.2, -0.15) is 13.2 Å². The number of thiophene rings is 1. The zero-order valence-electron chi connectivity index (χ0n) is 6.56. The van der Waals surface area contributed by atoms with Gasteiger partial charge in [-0.1, -0.05) is 0 Å². The van der Waals surface area contributed by atoms with Gasteiger partial charge in [-0.05, 0) is 22.0 Å². The first-order chi connectivity index (χ1) is 6.30. The van der Waals surface area contributed by atoms with Crippen LogP contribution in [-0.4, -0.2) is 11.1 Å². The lowest BCUT2D eigenvalue weighted by atomic mass is 10.3. The van der Waals surface area contributed by atoms with Crippen LogP contribution in [0.4, 0.5) is 13.2 Å². The lowest BCUT2D eigenvalue weighted by Gasteiger charge is -2.02. The average Bonchev–Trinajstić information content (AvgIpc) is 2.27. The smallest absolute Gasteiger partial charge is 0.426 e. The molecule has 0 saturated carbocycles. The van der Waals surface area contributed by atoms with Gasteiger partial charge in [0, 0.05) is 9.35 Å². The summed E-state index contributed by atoms with van der Waals surface area (Å²) in [5.41, 5.74) is 0. The molecular weight excluding hydrogens is 285 g/mol. The minimum Gasteiger partial charge on any atom is -0.481 e. The minimum absolute atomic E-state index is 0.105. The van der Waals surface area contributed by atoms with Crippen LogP contribution in [0.3, 0.4) is 0 Å². The number of carboxylic acid groups (broad SMARTS) is 1. The summed E-state index contributed by atoms with van der Waals surface area (Å²) in [5.74, 6) is -1.15. The Balaban J connectivity index is 2.99. The van der Waals surface area contributed by atoms with Crippen LogP contribution in [-0.2, 0) is 17.4 Å². The molecule has 0 saturated heterocycles. The fourth-order valence-corrected chi connectivity index (χ4v) is 2.65. The monoisotopic (exact) mass is 288 g/mol. The summed E-state index contributed by atoms with van der Waals surface area (Å²) in [4.78, 5) is 9.63. The zero-order chi connectivity index (χ0) is 10.9. The van der Waals surface area contributed by atoms with Crippen molar-refractivity contribution in [3.63, 3.8) is 0 Å². The van der Waals surface area contributed by atoms with Crippen molar-refractivity contribution in [1.29, 1.82) is 0 Å². The number of carboxylic acids is 1. The van der Waals surface area contributed by atoms with Gasteiger partial charge in [0.1, 0.15) is 4.88 Å². The summed E-state index contributed by atoms with van der Waals surface area (Å²) in [6, 6.07) is 1.18. The standard InChI is InChI=1S/C7H4BrF3O2S/c8-4-1-3(2-5(12)13)14-6(4)7(9,10)11/h1H,2H2,(H,12,13). The molecule has 0 fully saturated rings. The predicted octanol–water partition coefficient (Wildman–Crippen LogP) is 3.16. The first-order valence-electron chi connectivity index (χ1n) is 3.38. The highest BCUT2D eigenvalue weighted by Gasteiger charge is 2.35. The van der Waals surface area contributed by atoms with Crippen molar-refractivity contribution in [1.82, 2.24) is 0 Å². The summed E-state index contributed by atoms with van der Waals surface area (Å²) >= 11 is 3.18. The Morgan fingerprint density at radius 3 is 2.50 bits per heavy atom. The van der Waals surface area contributed by atoms with Crippen LogP contribution in [0.5, 0.6) is 0 Å². The third kappa shape index (κ3) is 2.71. The van der Waals surface area contributed by atoms with E-state index in [1.54, 1.807) is 0 Å². The number of alkyl halides is 3. The average molecular weight is 289 g/mol. The molecule has 1 N–H and O–H groups in total. The molecule has 0 aromatic carbocycles. The van der Waals surface area contributed by atoms with Crippen LogP contribution >= 0.6 is 27.3 Å². The Labute approximate surface area is 89.5 Å². The number of halogens is 4. The quantitative estimate of drug-likeness (QED) is 0.908. The second kappa shape index (κ2) is 3.90. The Kier molecular flexibility index (Phi) is 3.20. The Hall–Kier alpha value is -0.560. The SMILES string of the molecule is O=C(O)Cc1cc(Br)c(C(F)(F)F)s1. The Bertz CT molecular complexity index is 358. The number of hydrogen-bond donors (Lipinski definition) is 1. The topological polar surface area (TPSA) is 37.3 Å². The van der Waals surface area contributed by atoms with Gasteiger partial charge in [0.15, 0.2) is 0 Å². The molecule has 1 aromatic rings. The van der Waals surface area contributed by atoms with Crippen molar-refractivity contribution in [2.45, 2.75) is 12.6 Å². The van der Waals surface area contributed by atoms with E-state index >= 15 is 0 Å². The Morgan fingerprint density at radius 2 is 2.14 bits per heavy atom. The molecule has 0 unspecified atom stereocenters. The third-order valence-electron chi connectivity index (χ3n) is 1.32. The van der Waals surface area contributed by atoms with E-state index in [4.69, 9.17) is 5.11 Å². The van der Waals surface area contributed by atoms with E-state index in [2.05, 4.69) is 15.9 Å². The summed E-state index contributed by atoms with van der Waals surface area (Å²) in [6.07, 6.45) is -4.82. The Morgan fingerprint density at radius 1 is 1.57 bits per heavy atom. The van der Waals surface area contributed by atoms with E-state index in [0.717, 1.165) is 0 Å². The van der Waals surface area contributed by atoms with Gasteiger partial charge in [-0.25, -0.2) is 0 Å². The number of rotatable bonds is 2. The predicted molar refractivity (Wildman–Crippen MR) is 48.4 cm³/mol.